The van der Waals surface area contributed by atoms with Crippen LogP contribution in [0.4, 0.5) is 13.2 Å². The van der Waals surface area contributed by atoms with Crippen LogP contribution in [0.3, 0.4) is 0 Å². The lowest BCUT2D eigenvalue weighted by Crippen LogP contribution is -2.59. The van der Waals surface area contributed by atoms with E-state index in [1.807, 2.05) is 18.2 Å². The normalized spacial score (nSPS) is 24.9. The molecule has 4 atom stereocenters. The number of carbonyl (C=O) groups is 2. The Balaban J connectivity index is 0.000000406. The average molecular weight is 477 g/mol. The van der Waals surface area contributed by atoms with Gasteiger partial charge in [-0.15, -0.1) is 0 Å². The number of rotatable bonds is 5. The maximum atomic E-state index is 11.4. The number of aliphatic carboxylic acids is 1. The molecule has 0 aliphatic heterocycles. The molecule has 1 amide bonds. The molecule has 3 fully saturated rings. The Morgan fingerprint density at radius 3 is 2.21 bits per heavy atom. The Labute approximate surface area is 197 Å². The summed E-state index contributed by atoms with van der Waals surface area (Å²) in [4.78, 5) is 20.3. The highest BCUT2D eigenvalue weighted by molar-refractivity contribution is 5.94. The van der Waals surface area contributed by atoms with E-state index in [-0.39, 0.29) is 5.91 Å². The van der Waals surface area contributed by atoms with Crippen LogP contribution in [0.2, 0.25) is 0 Å². The minimum absolute atomic E-state index is 0.388. The predicted molar refractivity (Wildman–Crippen MR) is 124 cm³/mol. The first-order valence-corrected chi connectivity index (χ1v) is 11.3. The zero-order chi connectivity index (χ0) is 25.3. The lowest BCUT2D eigenvalue weighted by Gasteiger charge is -2.62. The number of nitrogens with two attached hydrogens (primary N) is 1. The summed E-state index contributed by atoms with van der Waals surface area (Å²) in [6.07, 6.45) is -2.35. The molecule has 5 rings (SSSR count). The SMILES string of the molecule is C[C@@H]1[C@H]2C[C@@H](C[C@H]1NCc1ccc(-c3cccc(C(N)=O)c3)cc1)C2(C)C.O=C(O)C(F)(F)F. The van der Waals surface area contributed by atoms with E-state index in [2.05, 4.69) is 50.4 Å². The zero-order valence-corrected chi connectivity index (χ0v) is 19.5. The van der Waals surface area contributed by atoms with Gasteiger partial charge >= 0.3 is 12.1 Å². The van der Waals surface area contributed by atoms with Crippen molar-refractivity contribution >= 4 is 11.9 Å². The number of carbonyl (C=O) groups excluding carboxylic acids is 1. The third-order valence-electron chi connectivity index (χ3n) is 7.60. The Kier molecular flexibility index (Phi) is 7.41. The number of benzene rings is 2. The van der Waals surface area contributed by atoms with Crippen molar-refractivity contribution in [2.24, 2.45) is 28.9 Å². The molecule has 2 aromatic rings. The van der Waals surface area contributed by atoms with Crippen molar-refractivity contribution < 1.29 is 27.9 Å². The van der Waals surface area contributed by atoms with E-state index in [1.165, 1.54) is 18.4 Å². The van der Waals surface area contributed by atoms with E-state index in [0.717, 1.165) is 35.4 Å². The first kappa shape index (κ1) is 25.7. The Bertz CT molecular complexity index is 1030. The molecular weight excluding hydrogens is 445 g/mol. The molecule has 3 aliphatic rings. The number of carboxylic acids is 1. The van der Waals surface area contributed by atoms with Gasteiger partial charge in [0.15, 0.2) is 0 Å². The summed E-state index contributed by atoms with van der Waals surface area (Å²) in [5.74, 6) is -0.640. The van der Waals surface area contributed by atoms with Crippen LogP contribution in [0.1, 0.15) is 49.5 Å². The number of carboxylic acid groups (broad SMARTS) is 1. The molecule has 34 heavy (non-hydrogen) atoms. The molecular formula is C26H31F3N2O3. The second kappa shape index (κ2) is 9.78. The van der Waals surface area contributed by atoms with E-state index in [4.69, 9.17) is 15.6 Å². The second-order valence-electron chi connectivity index (χ2n) is 9.89. The Hall–Kier alpha value is -2.87. The summed E-state index contributed by atoms with van der Waals surface area (Å²) >= 11 is 0. The van der Waals surface area contributed by atoms with Gasteiger partial charge < -0.3 is 16.2 Å². The van der Waals surface area contributed by atoms with Crippen molar-refractivity contribution in [3.8, 4) is 11.1 Å². The molecule has 4 N–H and O–H groups in total. The molecule has 184 valence electrons. The third-order valence-corrected chi connectivity index (χ3v) is 7.60. The highest BCUT2D eigenvalue weighted by Gasteiger charge is 2.55. The van der Waals surface area contributed by atoms with E-state index >= 15 is 0 Å². The largest absolute Gasteiger partial charge is 0.490 e. The molecule has 2 bridgehead atoms. The molecule has 8 heteroatoms. The number of nitrogens with one attached hydrogen (secondary N) is 1. The highest BCUT2D eigenvalue weighted by atomic mass is 19.4. The summed E-state index contributed by atoms with van der Waals surface area (Å²) in [6.45, 7) is 8.24. The predicted octanol–water partition coefficient (Wildman–Crippen LogP) is 5.25. The fourth-order valence-corrected chi connectivity index (χ4v) is 5.34. The summed E-state index contributed by atoms with van der Waals surface area (Å²) in [5, 5.41) is 10.9. The van der Waals surface area contributed by atoms with E-state index < -0.39 is 12.1 Å². The lowest BCUT2D eigenvalue weighted by molar-refractivity contribution is -0.192. The molecule has 5 nitrogen and oxygen atoms in total. The van der Waals surface area contributed by atoms with Gasteiger partial charge in [0.1, 0.15) is 0 Å². The van der Waals surface area contributed by atoms with Gasteiger partial charge in [-0.3, -0.25) is 4.79 Å². The topological polar surface area (TPSA) is 92.4 Å². The fourth-order valence-electron chi connectivity index (χ4n) is 5.34. The molecule has 0 aromatic heterocycles. The van der Waals surface area contributed by atoms with Gasteiger partial charge in [0.2, 0.25) is 5.91 Å². The number of fused-ring (bicyclic) bond motifs is 2. The second-order valence-corrected chi connectivity index (χ2v) is 9.89. The minimum atomic E-state index is -5.08. The van der Waals surface area contributed by atoms with Crippen molar-refractivity contribution in [3.05, 3.63) is 59.7 Å². The minimum Gasteiger partial charge on any atom is -0.475 e. The van der Waals surface area contributed by atoms with E-state index in [0.29, 0.717) is 17.0 Å². The van der Waals surface area contributed by atoms with Gasteiger partial charge in [0, 0.05) is 18.2 Å². The maximum absolute atomic E-state index is 11.4. The number of hydrogen-bond acceptors (Lipinski definition) is 3. The monoisotopic (exact) mass is 476 g/mol. The van der Waals surface area contributed by atoms with Crippen LogP contribution in [-0.2, 0) is 11.3 Å². The number of halogens is 3. The maximum Gasteiger partial charge on any atom is 0.490 e. The van der Waals surface area contributed by atoms with Crippen LogP contribution in [0.25, 0.3) is 11.1 Å². The molecule has 3 saturated carbocycles. The van der Waals surface area contributed by atoms with Crippen molar-refractivity contribution in [3.63, 3.8) is 0 Å². The molecule has 0 heterocycles. The Morgan fingerprint density at radius 2 is 1.71 bits per heavy atom. The standard InChI is InChI=1S/C24H30N2O.C2HF3O2/c1-15-21-12-20(24(21,2)3)13-22(15)26-14-16-7-9-17(10-8-16)18-5-4-6-19(11-18)23(25)27;3-2(4,5)1(6)7/h4-11,15,20-22,26H,12-14H2,1-3H3,(H2,25,27);(H,6,7)/t15-,20+,21-,22-;/m1./s1. The average Bonchev–Trinajstić information content (AvgIpc) is 2.78. The molecule has 3 aliphatic carbocycles. The number of alkyl halides is 3. The van der Waals surface area contributed by atoms with Gasteiger partial charge in [0.05, 0.1) is 0 Å². The van der Waals surface area contributed by atoms with Crippen molar-refractivity contribution in [1.29, 1.82) is 0 Å². The van der Waals surface area contributed by atoms with Crippen molar-refractivity contribution in [2.75, 3.05) is 0 Å². The summed E-state index contributed by atoms with van der Waals surface area (Å²) < 4.78 is 31.7. The molecule has 0 unspecified atom stereocenters. The van der Waals surface area contributed by atoms with Crippen molar-refractivity contribution in [1.82, 2.24) is 5.32 Å². The first-order valence-electron chi connectivity index (χ1n) is 11.3. The third kappa shape index (κ3) is 5.60. The smallest absolute Gasteiger partial charge is 0.475 e. The van der Waals surface area contributed by atoms with Gasteiger partial charge in [-0.25, -0.2) is 4.79 Å². The van der Waals surface area contributed by atoms with Gasteiger partial charge in [-0.1, -0.05) is 57.2 Å². The fraction of sp³-hybridized carbons (Fsp3) is 0.462. The summed E-state index contributed by atoms with van der Waals surface area (Å²) in [5.41, 5.74) is 9.91. The van der Waals surface area contributed by atoms with Crippen LogP contribution in [0.5, 0.6) is 0 Å². The van der Waals surface area contributed by atoms with Crippen molar-refractivity contribution in [2.45, 2.75) is 52.4 Å². The van der Waals surface area contributed by atoms with E-state index in [9.17, 15) is 18.0 Å². The lowest BCUT2D eigenvalue weighted by atomic mass is 9.45. The molecule has 0 saturated heterocycles. The van der Waals surface area contributed by atoms with Gasteiger partial charge in [-0.05, 0) is 64.8 Å². The number of hydrogen-bond donors (Lipinski definition) is 3. The molecule has 0 radical (unpaired) electrons. The van der Waals surface area contributed by atoms with Crippen LogP contribution in [-0.4, -0.2) is 29.2 Å². The van der Waals surface area contributed by atoms with E-state index in [1.54, 1.807) is 6.07 Å². The van der Waals surface area contributed by atoms with Gasteiger partial charge in [-0.2, -0.15) is 13.2 Å². The molecule has 0 spiro atoms. The Morgan fingerprint density at radius 1 is 1.09 bits per heavy atom. The summed E-state index contributed by atoms with van der Waals surface area (Å²) in [6, 6.07) is 16.7. The highest BCUT2D eigenvalue weighted by Crippen LogP contribution is 2.61. The summed E-state index contributed by atoms with van der Waals surface area (Å²) in [7, 11) is 0. The van der Waals surface area contributed by atoms with Crippen LogP contribution >= 0.6 is 0 Å². The number of primary amides is 1. The quantitative estimate of drug-likeness (QED) is 0.550. The number of amides is 1. The van der Waals surface area contributed by atoms with Crippen LogP contribution in [0, 0.1) is 23.2 Å². The zero-order valence-electron chi connectivity index (χ0n) is 19.5. The van der Waals surface area contributed by atoms with Crippen LogP contribution < -0.4 is 11.1 Å². The molecule has 2 aromatic carbocycles. The first-order chi connectivity index (χ1) is 15.8. The van der Waals surface area contributed by atoms with Crippen LogP contribution in [0.15, 0.2) is 48.5 Å². The van der Waals surface area contributed by atoms with Gasteiger partial charge in [0.25, 0.3) is 0 Å².